The van der Waals surface area contributed by atoms with E-state index in [-0.39, 0.29) is 11.4 Å². The summed E-state index contributed by atoms with van der Waals surface area (Å²) in [6.45, 7) is 2.08. The summed E-state index contributed by atoms with van der Waals surface area (Å²) in [6, 6.07) is 5.03. The molecule has 0 aliphatic carbocycles. The zero-order chi connectivity index (χ0) is 13.1. The lowest BCUT2D eigenvalue weighted by Gasteiger charge is -2.05. The zero-order valence-electron chi connectivity index (χ0n) is 9.65. The molecule has 3 nitrogen and oxygen atoms in total. The lowest BCUT2D eigenvalue weighted by Crippen LogP contribution is -2.03. The normalized spacial score (nSPS) is 10.7. The van der Waals surface area contributed by atoms with E-state index in [1.54, 1.807) is 13.0 Å². The van der Waals surface area contributed by atoms with Crippen LogP contribution >= 0.6 is 11.8 Å². The Morgan fingerprint density at radius 2 is 2.00 bits per heavy atom. The largest absolute Gasteiger partial charge is 0.325 e. The molecule has 1 heterocycles. The van der Waals surface area contributed by atoms with E-state index in [4.69, 9.17) is 5.73 Å². The number of nitrogens with two attached hydrogens (primary N) is 1. The first-order valence-corrected chi connectivity index (χ1v) is 6.07. The number of halogens is 2. The Morgan fingerprint density at radius 1 is 1.22 bits per heavy atom. The molecule has 0 amide bonds. The van der Waals surface area contributed by atoms with Crippen LogP contribution in [0.5, 0.6) is 0 Å². The molecule has 2 aromatic rings. The quantitative estimate of drug-likeness (QED) is 0.869. The number of aromatic nitrogens is 2. The van der Waals surface area contributed by atoms with Crippen LogP contribution in [0.15, 0.2) is 34.3 Å². The lowest BCUT2D eigenvalue weighted by molar-refractivity contribution is 0.577. The Balaban J connectivity index is 2.33. The molecule has 0 saturated carbocycles. The standard InChI is InChI=1S/C12H11F2N3S/c1-7-4-9(6-15)17-12(16-7)18-11-5-8(13)2-3-10(11)14/h2-5H,6,15H2,1H3. The monoisotopic (exact) mass is 267 g/mol. The van der Waals surface area contributed by atoms with Crippen LogP contribution in [0, 0.1) is 18.6 Å². The van der Waals surface area contributed by atoms with Gasteiger partial charge in [0.1, 0.15) is 11.6 Å². The minimum Gasteiger partial charge on any atom is -0.325 e. The van der Waals surface area contributed by atoms with Gasteiger partial charge >= 0.3 is 0 Å². The first-order valence-electron chi connectivity index (χ1n) is 5.26. The van der Waals surface area contributed by atoms with E-state index in [1.165, 1.54) is 0 Å². The van der Waals surface area contributed by atoms with Crippen LogP contribution in [0.4, 0.5) is 8.78 Å². The third-order valence-electron chi connectivity index (χ3n) is 2.19. The smallest absolute Gasteiger partial charge is 0.193 e. The van der Waals surface area contributed by atoms with Crippen molar-refractivity contribution in [2.24, 2.45) is 5.73 Å². The molecule has 0 fully saturated rings. The predicted octanol–water partition coefficient (Wildman–Crippen LogP) is 2.67. The summed E-state index contributed by atoms with van der Waals surface area (Å²) in [5, 5.41) is 0.361. The molecule has 0 spiro atoms. The summed E-state index contributed by atoms with van der Waals surface area (Å²) in [7, 11) is 0. The van der Waals surface area contributed by atoms with Gasteiger partial charge in [0.15, 0.2) is 5.16 Å². The molecule has 1 aromatic carbocycles. The fourth-order valence-electron chi connectivity index (χ4n) is 1.41. The van der Waals surface area contributed by atoms with Crippen LogP contribution in [0.2, 0.25) is 0 Å². The van der Waals surface area contributed by atoms with Crippen molar-refractivity contribution in [1.82, 2.24) is 9.97 Å². The van der Waals surface area contributed by atoms with Gasteiger partial charge in [-0.25, -0.2) is 18.7 Å². The Labute approximate surface area is 107 Å². The fraction of sp³-hybridized carbons (Fsp3) is 0.167. The first kappa shape index (κ1) is 12.9. The maximum Gasteiger partial charge on any atom is 0.193 e. The molecule has 0 bridgehead atoms. The second-order valence-corrected chi connectivity index (χ2v) is 4.67. The zero-order valence-corrected chi connectivity index (χ0v) is 10.5. The molecule has 0 radical (unpaired) electrons. The van der Waals surface area contributed by atoms with Crippen molar-refractivity contribution in [3.63, 3.8) is 0 Å². The molecule has 0 unspecified atom stereocenters. The summed E-state index contributed by atoms with van der Waals surface area (Å²) in [5.74, 6) is -0.994. The Bertz CT molecular complexity index is 575. The highest BCUT2D eigenvalue weighted by Gasteiger charge is 2.09. The maximum atomic E-state index is 13.5. The molecule has 0 aliphatic heterocycles. The molecule has 6 heteroatoms. The van der Waals surface area contributed by atoms with Crippen LogP contribution < -0.4 is 5.73 Å². The molecular formula is C12H11F2N3S. The lowest BCUT2D eigenvalue weighted by atomic mass is 10.3. The van der Waals surface area contributed by atoms with Crippen molar-refractivity contribution in [2.75, 3.05) is 0 Å². The molecule has 2 rings (SSSR count). The second kappa shape index (κ2) is 5.41. The van der Waals surface area contributed by atoms with E-state index in [9.17, 15) is 8.78 Å². The minimum atomic E-state index is -0.499. The van der Waals surface area contributed by atoms with Crippen molar-refractivity contribution in [3.05, 3.63) is 47.3 Å². The van der Waals surface area contributed by atoms with E-state index >= 15 is 0 Å². The topological polar surface area (TPSA) is 51.8 Å². The number of aryl methyl sites for hydroxylation is 1. The third-order valence-corrected chi connectivity index (χ3v) is 3.09. The van der Waals surface area contributed by atoms with Gasteiger partial charge in [0.25, 0.3) is 0 Å². The minimum absolute atomic E-state index is 0.156. The van der Waals surface area contributed by atoms with Crippen molar-refractivity contribution < 1.29 is 8.78 Å². The molecule has 18 heavy (non-hydrogen) atoms. The van der Waals surface area contributed by atoms with Crippen LogP contribution in [0.1, 0.15) is 11.4 Å². The SMILES string of the molecule is Cc1cc(CN)nc(Sc2cc(F)ccc2F)n1. The van der Waals surface area contributed by atoms with Crippen molar-refractivity contribution in [3.8, 4) is 0 Å². The van der Waals surface area contributed by atoms with Gasteiger partial charge in [-0.1, -0.05) is 0 Å². The summed E-state index contributed by atoms with van der Waals surface area (Å²) in [5.41, 5.74) is 6.91. The van der Waals surface area contributed by atoms with Gasteiger partial charge in [-0.05, 0) is 43.0 Å². The highest BCUT2D eigenvalue weighted by atomic mass is 32.2. The summed E-state index contributed by atoms with van der Waals surface area (Å²) in [6.07, 6.45) is 0. The van der Waals surface area contributed by atoms with Crippen LogP contribution in [0.3, 0.4) is 0 Å². The van der Waals surface area contributed by atoms with Gasteiger partial charge in [-0.3, -0.25) is 0 Å². The van der Waals surface area contributed by atoms with Crippen LogP contribution in [-0.4, -0.2) is 9.97 Å². The highest BCUT2D eigenvalue weighted by Crippen LogP contribution is 2.28. The molecule has 0 atom stereocenters. The van der Waals surface area contributed by atoms with Gasteiger partial charge in [0.05, 0.1) is 10.6 Å². The number of rotatable bonds is 3. The van der Waals surface area contributed by atoms with Gasteiger partial charge in [-0.2, -0.15) is 0 Å². The number of nitrogens with zero attached hydrogens (tertiary/aromatic N) is 2. The molecule has 0 saturated heterocycles. The van der Waals surface area contributed by atoms with Gasteiger partial charge in [-0.15, -0.1) is 0 Å². The van der Waals surface area contributed by atoms with E-state index in [1.807, 2.05) is 0 Å². The predicted molar refractivity (Wildman–Crippen MR) is 65.1 cm³/mol. The molecule has 2 N–H and O–H groups in total. The van der Waals surface area contributed by atoms with E-state index in [2.05, 4.69) is 9.97 Å². The molecule has 1 aromatic heterocycles. The maximum absolute atomic E-state index is 13.5. The van der Waals surface area contributed by atoms with E-state index < -0.39 is 11.6 Å². The highest BCUT2D eigenvalue weighted by molar-refractivity contribution is 7.99. The number of benzene rings is 1. The average molecular weight is 267 g/mol. The van der Waals surface area contributed by atoms with Gasteiger partial charge in [0.2, 0.25) is 0 Å². The fourth-order valence-corrected chi connectivity index (χ4v) is 2.29. The second-order valence-electron chi connectivity index (χ2n) is 3.66. The van der Waals surface area contributed by atoms with Gasteiger partial charge < -0.3 is 5.73 Å². The van der Waals surface area contributed by atoms with E-state index in [0.717, 1.165) is 35.7 Å². The van der Waals surface area contributed by atoms with Crippen LogP contribution in [0.25, 0.3) is 0 Å². The molecule has 0 aliphatic rings. The Kier molecular flexibility index (Phi) is 3.88. The van der Waals surface area contributed by atoms with Gasteiger partial charge in [0, 0.05) is 12.2 Å². The third kappa shape index (κ3) is 3.02. The van der Waals surface area contributed by atoms with Crippen molar-refractivity contribution >= 4 is 11.8 Å². The average Bonchev–Trinajstić information content (AvgIpc) is 2.33. The number of hydrogen-bond donors (Lipinski definition) is 1. The summed E-state index contributed by atoms with van der Waals surface area (Å²) >= 11 is 0.979. The Hall–Kier alpha value is -1.53. The number of hydrogen-bond acceptors (Lipinski definition) is 4. The Morgan fingerprint density at radius 3 is 2.72 bits per heavy atom. The first-order chi connectivity index (χ1) is 8.58. The molecular weight excluding hydrogens is 256 g/mol. The van der Waals surface area contributed by atoms with Crippen molar-refractivity contribution in [2.45, 2.75) is 23.5 Å². The summed E-state index contributed by atoms with van der Waals surface area (Å²) < 4.78 is 26.5. The summed E-state index contributed by atoms with van der Waals surface area (Å²) in [4.78, 5) is 8.47. The van der Waals surface area contributed by atoms with E-state index in [0.29, 0.717) is 10.9 Å². The van der Waals surface area contributed by atoms with Crippen LogP contribution in [-0.2, 0) is 6.54 Å². The molecule has 94 valence electrons. The van der Waals surface area contributed by atoms with Crippen molar-refractivity contribution in [1.29, 1.82) is 0 Å².